The molecule has 2 rings (SSSR count). The predicted octanol–water partition coefficient (Wildman–Crippen LogP) is 2.71. The molecule has 0 aromatic carbocycles. The normalized spacial score (nSPS) is 41.1. The average Bonchev–Trinajstić information content (AvgIpc) is 2.04. The van der Waals surface area contributed by atoms with Gasteiger partial charge < -0.3 is 0 Å². The second-order valence-corrected chi connectivity index (χ2v) is 4.44. The molecule has 0 aliphatic heterocycles. The molecule has 0 bridgehead atoms. The average molecular weight is 164 g/mol. The van der Waals surface area contributed by atoms with Crippen LogP contribution < -0.4 is 0 Å². The number of carbonyl (C=O) groups excluding carboxylic acids is 1. The van der Waals surface area contributed by atoms with Crippen LogP contribution in [-0.4, -0.2) is 5.78 Å². The van der Waals surface area contributed by atoms with Gasteiger partial charge in [-0.25, -0.2) is 0 Å². The summed E-state index contributed by atoms with van der Waals surface area (Å²) in [5.74, 6) is 0.851. The summed E-state index contributed by atoms with van der Waals surface area (Å²) in [5, 5.41) is 0. The summed E-state index contributed by atoms with van der Waals surface area (Å²) in [7, 11) is 0. The quantitative estimate of drug-likeness (QED) is 0.503. The smallest absolute Gasteiger partial charge is 0.136 e. The highest BCUT2D eigenvalue weighted by Crippen LogP contribution is 2.46. The number of carbonyl (C=O) groups is 1. The lowest BCUT2D eigenvalue weighted by Crippen LogP contribution is -2.38. The number of hydrogen-bond acceptors (Lipinski definition) is 1. The fourth-order valence-electron chi connectivity index (χ4n) is 2.65. The fourth-order valence-corrected chi connectivity index (χ4v) is 2.65. The minimum atomic E-state index is 0.310. The molecule has 1 nitrogen and oxygen atoms in total. The number of fused-ring (bicyclic) bond motifs is 1. The Morgan fingerprint density at radius 2 is 2.33 bits per heavy atom. The Balaban J connectivity index is 2.25. The molecule has 0 heterocycles. The molecule has 66 valence electrons. The van der Waals surface area contributed by atoms with Gasteiger partial charge in [0, 0.05) is 12.3 Å². The molecular weight excluding hydrogens is 148 g/mol. The van der Waals surface area contributed by atoms with Gasteiger partial charge in [-0.05, 0) is 31.1 Å². The molecule has 2 atom stereocenters. The van der Waals surface area contributed by atoms with Crippen LogP contribution >= 0.6 is 0 Å². The van der Waals surface area contributed by atoms with Gasteiger partial charge in [0.2, 0.25) is 0 Å². The third kappa shape index (κ3) is 1.12. The molecule has 12 heavy (non-hydrogen) atoms. The molecule has 0 saturated heterocycles. The van der Waals surface area contributed by atoms with Crippen LogP contribution in [0, 0.1) is 11.3 Å². The first-order valence-electron chi connectivity index (χ1n) is 4.90. The molecule has 1 fully saturated rings. The number of ketones is 1. The van der Waals surface area contributed by atoms with E-state index in [1.54, 1.807) is 0 Å². The summed E-state index contributed by atoms with van der Waals surface area (Å²) in [5.41, 5.74) is 0.310. The van der Waals surface area contributed by atoms with Crippen molar-refractivity contribution in [3.63, 3.8) is 0 Å². The maximum Gasteiger partial charge on any atom is 0.136 e. The fraction of sp³-hybridized carbons (Fsp3) is 0.727. The molecule has 0 amide bonds. The standard InChI is InChI=1S/C11H16O/c1-11-7-3-2-5-9(11)10(12)6-4-8-11/h2-3,9H,4-8H2,1H3/t9-,11-/m0/s1. The maximum atomic E-state index is 11.6. The van der Waals surface area contributed by atoms with Crippen molar-refractivity contribution in [3.05, 3.63) is 12.2 Å². The highest BCUT2D eigenvalue weighted by molar-refractivity contribution is 5.83. The first kappa shape index (κ1) is 8.03. The van der Waals surface area contributed by atoms with Gasteiger partial charge in [0.15, 0.2) is 0 Å². The Hall–Kier alpha value is -0.590. The Morgan fingerprint density at radius 1 is 1.50 bits per heavy atom. The summed E-state index contributed by atoms with van der Waals surface area (Å²) in [4.78, 5) is 11.6. The van der Waals surface area contributed by atoms with Crippen molar-refractivity contribution in [1.82, 2.24) is 0 Å². The van der Waals surface area contributed by atoms with E-state index in [2.05, 4.69) is 19.1 Å². The summed E-state index contributed by atoms with van der Waals surface area (Å²) in [6.45, 7) is 2.28. The van der Waals surface area contributed by atoms with Gasteiger partial charge in [-0.2, -0.15) is 0 Å². The number of hydrogen-bond donors (Lipinski definition) is 0. The van der Waals surface area contributed by atoms with Crippen LogP contribution in [0.3, 0.4) is 0 Å². The Bertz CT molecular complexity index is 229. The third-order valence-corrected chi connectivity index (χ3v) is 3.52. The highest BCUT2D eigenvalue weighted by Gasteiger charge is 2.41. The van der Waals surface area contributed by atoms with Crippen molar-refractivity contribution in [3.8, 4) is 0 Å². The SMILES string of the molecule is C[C@@]12CC=CC[C@H]1C(=O)CCC2. The van der Waals surface area contributed by atoms with Crippen molar-refractivity contribution in [1.29, 1.82) is 0 Å². The first-order chi connectivity index (χ1) is 5.72. The van der Waals surface area contributed by atoms with Gasteiger partial charge in [-0.3, -0.25) is 4.79 Å². The molecule has 0 radical (unpaired) electrons. The number of allylic oxidation sites excluding steroid dienone is 2. The Morgan fingerprint density at radius 3 is 3.08 bits per heavy atom. The van der Waals surface area contributed by atoms with E-state index in [1.165, 1.54) is 6.42 Å². The molecule has 1 saturated carbocycles. The molecule has 0 aromatic rings. The van der Waals surface area contributed by atoms with Gasteiger partial charge in [-0.1, -0.05) is 19.1 Å². The largest absolute Gasteiger partial charge is 0.299 e. The van der Waals surface area contributed by atoms with Crippen molar-refractivity contribution in [2.24, 2.45) is 11.3 Å². The predicted molar refractivity (Wildman–Crippen MR) is 48.8 cm³/mol. The summed E-state index contributed by atoms with van der Waals surface area (Å²) < 4.78 is 0. The van der Waals surface area contributed by atoms with Crippen LogP contribution in [0.4, 0.5) is 0 Å². The van der Waals surface area contributed by atoms with E-state index in [-0.39, 0.29) is 0 Å². The molecule has 2 aliphatic carbocycles. The molecule has 0 aromatic heterocycles. The maximum absolute atomic E-state index is 11.6. The minimum absolute atomic E-state index is 0.310. The minimum Gasteiger partial charge on any atom is -0.299 e. The molecule has 0 unspecified atom stereocenters. The number of Topliss-reactive ketones (excluding diaryl/α,β-unsaturated/α-hetero) is 1. The monoisotopic (exact) mass is 164 g/mol. The zero-order valence-corrected chi connectivity index (χ0v) is 7.68. The highest BCUT2D eigenvalue weighted by atomic mass is 16.1. The van der Waals surface area contributed by atoms with E-state index >= 15 is 0 Å². The van der Waals surface area contributed by atoms with Crippen molar-refractivity contribution >= 4 is 5.78 Å². The van der Waals surface area contributed by atoms with Crippen LogP contribution in [0.1, 0.15) is 39.0 Å². The van der Waals surface area contributed by atoms with Crippen LogP contribution in [0.15, 0.2) is 12.2 Å². The van der Waals surface area contributed by atoms with Gasteiger partial charge in [0.1, 0.15) is 5.78 Å². The Labute approximate surface area is 73.8 Å². The van der Waals surface area contributed by atoms with E-state index in [0.717, 1.165) is 25.7 Å². The second kappa shape index (κ2) is 2.72. The van der Waals surface area contributed by atoms with Gasteiger partial charge in [-0.15, -0.1) is 0 Å². The molecule has 2 aliphatic rings. The van der Waals surface area contributed by atoms with Gasteiger partial charge >= 0.3 is 0 Å². The van der Waals surface area contributed by atoms with Gasteiger partial charge in [0.25, 0.3) is 0 Å². The van der Waals surface area contributed by atoms with Crippen LogP contribution in [0.5, 0.6) is 0 Å². The summed E-state index contributed by atoms with van der Waals surface area (Å²) in [6.07, 6.45) is 9.71. The topological polar surface area (TPSA) is 17.1 Å². The van der Waals surface area contributed by atoms with Gasteiger partial charge in [0.05, 0.1) is 0 Å². The third-order valence-electron chi connectivity index (χ3n) is 3.52. The second-order valence-electron chi connectivity index (χ2n) is 4.44. The molecular formula is C11H16O. The van der Waals surface area contributed by atoms with Crippen LogP contribution in [0.2, 0.25) is 0 Å². The van der Waals surface area contributed by atoms with Crippen molar-refractivity contribution < 1.29 is 4.79 Å². The zero-order valence-electron chi connectivity index (χ0n) is 7.68. The Kier molecular flexibility index (Phi) is 1.82. The van der Waals surface area contributed by atoms with Crippen molar-refractivity contribution in [2.45, 2.75) is 39.0 Å². The summed E-state index contributed by atoms with van der Waals surface area (Å²) >= 11 is 0. The zero-order chi connectivity index (χ0) is 8.60. The molecule has 0 N–H and O–H groups in total. The van der Waals surface area contributed by atoms with E-state index in [0.29, 0.717) is 17.1 Å². The lowest BCUT2D eigenvalue weighted by atomic mass is 9.62. The van der Waals surface area contributed by atoms with E-state index < -0.39 is 0 Å². The summed E-state index contributed by atoms with van der Waals surface area (Å²) in [6, 6.07) is 0. The first-order valence-corrected chi connectivity index (χ1v) is 4.90. The number of rotatable bonds is 0. The van der Waals surface area contributed by atoms with E-state index in [4.69, 9.17) is 0 Å². The van der Waals surface area contributed by atoms with E-state index in [9.17, 15) is 4.79 Å². The molecule has 1 heteroatoms. The van der Waals surface area contributed by atoms with Crippen molar-refractivity contribution in [2.75, 3.05) is 0 Å². The lowest BCUT2D eigenvalue weighted by Gasteiger charge is -2.41. The molecule has 0 spiro atoms. The van der Waals surface area contributed by atoms with Crippen LogP contribution in [0.25, 0.3) is 0 Å². The van der Waals surface area contributed by atoms with E-state index in [1.807, 2.05) is 0 Å². The van der Waals surface area contributed by atoms with Crippen LogP contribution in [-0.2, 0) is 4.79 Å². The lowest BCUT2D eigenvalue weighted by molar-refractivity contribution is -0.130.